The maximum absolute atomic E-state index is 12.7. The first-order valence-electron chi connectivity index (χ1n) is 9.18. The van der Waals surface area contributed by atoms with E-state index in [0.29, 0.717) is 26.0 Å². The van der Waals surface area contributed by atoms with E-state index in [-0.39, 0.29) is 12.7 Å². The smallest absolute Gasteiger partial charge is 0.411 e. The molecule has 150 valence electrons. The lowest BCUT2D eigenvalue weighted by Gasteiger charge is -2.38. The van der Waals surface area contributed by atoms with Gasteiger partial charge >= 0.3 is 12.1 Å². The fraction of sp³-hybridized carbons (Fsp3) is 0.600. The van der Waals surface area contributed by atoms with Crippen molar-refractivity contribution in [3.63, 3.8) is 0 Å². The summed E-state index contributed by atoms with van der Waals surface area (Å²) in [6, 6.07) is 8.76. The molecule has 0 aromatic heterocycles. The van der Waals surface area contributed by atoms with Crippen LogP contribution < -0.4 is 0 Å². The number of hydrogen-bond acceptors (Lipinski definition) is 5. The Hall–Kier alpha value is -1.60. The molecule has 0 N–H and O–H groups in total. The number of likely N-dealkylation sites (tertiary alicyclic amines) is 1. The third-order valence-corrected chi connectivity index (χ3v) is 4.43. The fourth-order valence-electron chi connectivity index (χ4n) is 2.88. The van der Waals surface area contributed by atoms with Crippen molar-refractivity contribution in [1.82, 2.24) is 4.90 Å². The summed E-state index contributed by atoms with van der Waals surface area (Å²) in [5.41, 5.74) is 0.274. The van der Waals surface area contributed by atoms with Crippen molar-refractivity contribution in [2.45, 2.75) is 58.0 Å². The van der Waals surface area contributed by atoms with Crippen molar-refractivity contribution in [3.8, 4) is 0 Å². The lowest BCUT2D eigenvalue weighted by Crippen LogP contribution is -2.53. The average molecular weight is 442 g/mol. The number of alkyl halides is 1. The molecule has 0 radical (unpaired) electrons. The minimum Gasteiger partial charge on any atom is -0.459 e. The zero-order valence-electron chi connectivity index (χ0n) is 16.2. The molecule has 7 heteroatoms. The van der Waals surface area contributed by atoms with E-state index in [1.807, 2.05) is 30.3 Å². The van der Waals surface area contributed by atoms with Crippen LogP contribution in [0, 0.1) is 0 Å². The Labute approximate surface area is 169 Å². The van der Waals surface area contributed by atoms with Gasteiger partial charge in [-0.25, -0.2) is 9.59 Å². The van der Waals surface area contributed by atoms with E-state index in [0.717, 1.165) is 10.9 Å². The molecule has 0 aliphatic carbocycles. The number of amides is 1. The number of nitrogens with zero attached hydrogens (tertiary/aromatic N) is 1. The Morgan fingerprint density at radius 3 is 2.56 bits per heavy atom. The topological polar surface area (TPSA) is 65.1 Å². The molecule has 0 saturated carbocycles. The van der Waals surface area contributed by atoms with Crippen molar-refractivity contribution < 1.29 is 23.8 Å². The number of hydrogen-bond donors (Lipinski definition) is 0. The van der Waals surface area contributed by atoms with Crippen LogP contribution in [-0.4, -0.2) is 53.2 Å². The summed E-state index contributed by atoms with van der Waals surface area (Å²) in [6.07, 6.45) is 0.479. The highest BCUT2D eigenvalue weighted by Crippen LogP contribution is 2.24. The molecule has 27 heavy (non-hydrogen) atoms. The van der Waals surface area contributed by atoms with Crippen LogP contribution in [0.25, 0.3) is 0 Å². The fourth-order valence-corrected chi connectivity index (χ4v) is 3.07. The number of rotatable bonds is 6. The summed E-state index contributed by atoms with van der Waals surface area (Å²) in [4.78, 5) is 26.8. The van der Waals surface area contributed by atoms with E-state index in [4.69, 9.17) is 14.2 Å². The van der Waals surface area contributed by atoms with Gasteiger partial charge in [0.25, 0.3) is 0 Å². The van der Waals surface area contributed by atoms with Crippen LogP contribution in [0.2, 0.25) is 0 Å². The number of benzene rings is 1. The van der Waals surface area contributed by atoms with Crippen LogP contribution in [0.15, 0.2) is 30.3 Å². The van der Waals surface area contributed by atoms with E-state index in [1.165, 1.54) is 4.90 Å². The first-order chi connectivity index (χ1) is 12.8. The van der Waals surface area contributed by atoms with E-state index in [1.54, 1.807) is 20.8 Å². The number of ether oxygens (including phenoxy) is 3. The van der Waals surface area contributed by atoms with Crippen LogP contribution in [0.4, 0.5) is 4.79 Å². The molecule has 1 heterocycles. The van der Waals surface area contributed by atoms with Crippen molar-refractivity contribution in [1.29, 1.82) is 0 Å². The highest BCUT2D eigenvalue weighted by Gasteiger charge is 2.39. The van der Waals surface area contributed by atoms with Crippen LogP contribution in [0.3, 0.4) is 0 Å². The molecular weight excluding hydrogens is 414 g/mol. The Balaban J connectivity index is 2.05. The molecule has 1 amide bonds. The van der Waals surface area contributed by atoms with E-state index >= 15 is 0 Å². The monoisotopic (exact) mass is 441 g/mol. The summed E-state index contributed by atoms with van der Waals surface area (Å²) >= 11 is 3.34. The van der Waals surface area contributed by atoms with Gasteiger partial charge in [-0.05, 0) is 32.8 Å². The molecule has 0 bridgehead atoms. The SMILES string of the molecule is CC(C)(C)OC(=O)N1CC[C@H](OCCBr)C[C@@H]1C(=O)OCc1ccccc1. The molecule has 1 aliphatic rings. The first kappa shape index (κ1) is 21.7. The molecule has 1 saturated heterocycles. The van der Waals surface area contributed by atoms with Gasteiger partial charge in [0.1, 0.15) is 18.2 Å². The molecule has 1 aliphatic heterocycles. The van der Waals surface area contributed by atoms with Gasteiger partial charge in [0.2, 0.25) is 0 Å². The quantitative estimate of drug-likeness (QED) is 0.494. The number of carbonyl (C=O) groups is 2. The van der Waals surface area contributed by atoms with Crippen LogP contribution in [0.5, 0.6) is 0 Å². The zero-order valence-corrected chi connectivity index (χ0v) is 17.7. The van der Waals surface area contributed by atoms with Crippen molar-refractivity contribution >= 4 is 28.0 Å². The van der Waals surface area contributed by atoms with Gasteiger partial charge in [0.15, 0.2) is 0 Å². The normalized spacial score (nSPS) is 20.2. The highest BCUT2D eigenvalue weighted by atomic mass is 79.9. The van der Waals surface area contributed by atoms with E-state index in [2.05, 4.69) is 15.9 Å². The Morgan fingerprint density at radius 2 is 1.93 bits per heavy atom. The van der Waals surface area contributed by atoms with Crippen molar-refractivity contribution in [2.24, 2.45) is 0 Å². The number of carbonyl (C=O) groups excluding carboxylic acids is 2. The lowest BCUT2D eigenvalue weighted by atomic mass is 9.99. The summed E-state index contributed by atoms with van der Waals surface area (Å²) in [6.45, 7) is 6.54. The van der Waals surface area contributed by atoms with Crippen LogP contribution >= 0.6 is 15.9 Å². The van der Waals surface area contributed by atoms with Crippen LogP contribution in [0.1, 0.15) is 39.2 Å². The number of esters is 1. The number of halogens is 1. The maximum atomic E-state index is 12.7. The molecule has 1 aromatic rings. The first-order valence-corrected chi connectivity index (χ1v) is 10.3. The van der Waals surface area contributed by atoms with Gasteiger partial charge in [-0.3, -0.25) is 4.90 Å². The van der Waals surface area contributed by atoms with Gasteiger partial charge < -0.3 is 14.2 Å². The van der Waals surface area contributed by atoms with Gasteiger partial charge in [0.05, 0.1) is 12.7 Å². The zero-order chi connectivity index (χ0) is 19.9. The summed E-state index contributed by atoms with van der Waals surface area (Å²) in [5.74, 6) is -0.433. The van der Waals surface area contributed by atoms with Crippen LogP contribution in [-0.2, 0) is 25.6 Å². The van der Waals surface area contributed by atoms with Crippen molar-refractivity contribution in [3.05, 3.63) is 35.9 Å². The second kappa shape index (κ2) is 10.1. The molecule has 1 aromatic carbocycles. The van der Waals surface area contributed by atoms with Gasteiger partial charge in [-0.15, -0.1) is 0 Å². The molecule has 0 spiro atoms. The summed E-state index contributed by atoms with van der Waals surface area (Å²) in [7, 11) is 0. The van der Waals surface area contributed by atoms with E-state index < -0.39 is 23.7 Å². The molecule has 1 fully saturated rings. The Kier molecular flexibility index (Phi) is 8.10. The predicted octanol–water partition coefficient (Wildman–Crippen LogP) is 3.91. The second-order valence-electron chi connectivity index (χ2n) is 7.49. The number of piperidine rings is 1. The maximum Gasteiger partial charge on any atom is 0.411 e. The lowest BCUT2D eigenvalue weighted by molar-refractivity contribution is -0.155. The third-order valence-electron chi connectivity index (χ3n) is 4.11. The molecule has 2 rings (SSSR count). The standard InChI is InChI=1S/C20H28BrNO5/c1-20(2,3)27-19(24)22-11-9-16(25-12-10-21)13-17(22)18(23)26-14-15-7-5-4-6-8-15/h4-8,16-17H,9-14H2,1-3H3/t16-,17+/m0/s1. The van der Waals surface area contributed by atoms with Crippen molar-refractivity contribution in [2.75, 3.05) is 18.5 Å². The molecular formula is C20H28BrNO5. The van der Waals surface area contributed by atoms with Gasteiger partial charge in [-0.2, -0.15) is 0 Å². The summed E-state index contributed by atoms with van der Waals surface area (Å²) in [5, 5.41) is 0.725. The highest BCUT2D eigenvalue weighted by molar-refractivity contribution is 9.09. The average Bonchev–Trinajstić information content (AvgIpc) is 2.63. The molecule has 0 unspecified atom stereocenters. The van der Waals surface area contributed by atoms with Gasteiger partial charge in [-0.1, -0.05) is 46.3 Å². The summed E-state index contributed by atoms with van der Waals surface area (Å²) < 4.78 is 16.7. The largest absolute Gasteiger partial charge is 0.459 e. The molecule has 2 atom stereocenters. The van der Waals surface area contributed by atoms with E-state index in [9.17, 15) is 9.59 Å². The molecule has 6 nitrogen and oxygen atoms in total. The minimum atomic E-state index is -0.711. The Morgan fingerprint density at radius 1 is 1.22 bits per heavy atom. The van der Waals surface area contributed by atoms with Gasteiger partial charge in [0, 0.05) is 18.3 Å². The predicted molar refractivity (Wildman–Crippen MR) is 106 cm³/mol. The third kappa shape index (κ3) is 7.14. The second-order valence-corrected chi connectivity index (χ2v) is 8.28. The Bertz CT molecular complexity index is 617. The minimum absolute atomic E-state index is 0.0875.